The Morgan fingerprint density at radius 1 is 1.29 bits per heavy atom. The fraction of sp³-hybridized carbons (Fsp3) is 0.0714. The van der Waals surface area contributed by atoms with Crippen molar-refractivity contribution in [1.29, 1.82) is 0 Å². The van der Waals surface area contributed by atoms with Crippen LogP contribution in [0.2, 0.25) is 0 Å². The number of rotatable bonds is 4. The Kier molecular flexibility index (Phi) is 4.13. The first-order chi connectivity index (χ1) is 10.0. The summed E-state index contributed by atoms with van der Waals surface area (Å²) >= 11 is 0. The molecule has 0 atom stereocenters. The van der Waals surface area contributed by atoms with Crippen molar-refractivity contribution in [2.24, 2.45) is 0 Å². The van der Waals surface area contributed by atoms with Crippen molar-refractivity contribution < 1.29 is 18.8 Å². The fourth-order valence-electron chi connectivity index (χ4n) is 1.75. The van der Waals surface area contributed by atoms with Crippen molar-refractivity contribution in [2.45, 2.75) is 0 Å². The minimum absolute atomic E-state index is 0.345. The molecule has 108 valence electrons. The van der Waals surface area contributed by atoms with E-state index in [0.717, 1.165) is 18.2 Å². The highest BCUT2D eigenvalue weighted by Gasteiger charge is 2.21. The SMILES string of the molecule is COc1cccc(NC(=O)c2cc(F)ccc2[N+](=O)[O-])c1. The van der Waals surface area contributed by atoms with Gasteiger partial charge in [0.15, 0.2) is 0 Å². The molecule has 0 fully saturated rings. The van der Waals surface area contributed by atoms with E-state index in [9.17, 15) is 19.3 Å². The lowest BCUT2D eigenvalue weighted by atomic mass is 10.1. The predicted molar refractivity (Wildman–Crippen MR) is 74.0 cm³/mol. The highest BCUT2D eigenvalue weighted by atomic mass is 19.1. The second-order valence-electron chi connectivity index (χ2n) is 4.10. The number of hydrogen-bond acceptors (Lipinski definition) is 4. The maximum atomic E-state index is 13.2. The molecule has 0 radical (unpaired) electrons. The summed E-state index contributed by atoms with van der Waals surface area (Å²) in [6.07, 6.45) is 0. The van der Waals surface area contributed by atoms with Gasteiger partial charge in [0.05, 0.1) is 12.0 Å². The number of nitrogens with zero attached hydrogens (tertiary/aromatic N) is 1. The Labute approximate surface area is 119 Å². The van der Waals surface area contributed by atoms with E-state index in [-0.39, 0.29) is 5.56 Å². The van der Waals surface area contributed by atoms with Crippen LogP contribution in [0.15, 0.2) is 42.5 Å². The van der Waals surface area contributed by atoms with Crippen LogP contribution >= 0.6 is 0 Å². The summed E-state index contributed by atoms with van der Waals surface area (Å²) in [6, 6.07) is 9.17. The van der Waals surface area contributed by atoms with Crippen molar-refractivity contribution in [3.8, 4) is 5.75 Å². The van der Waals surface area contributed by atoms with Gasteiger partial charge in [-0.25, -0.2) is 4.39 Å². The number of halogens is 1. The average Bonchev–Trinajstić information content (AvgIpc) is 2.47. The number of nitrogens with one attached hydrogen (secondary N) is 1. The molecule has 0 bridgehead atoms. The predicted octanol–water partition coefficient (Wildman–Crippen LogP) is 2.99. The van der Waals surface area contributed by atoms with Crippen molar-refractivity contribution in [3.05, 3.63) is 64.0 Å². The summed E-state index contributed by atoms with van der Waals surface area (Å²) in [6.45, 7) is 0. The van der Waals surface area contributed by atoms with Crippen LogP contribution in [-0.4, -0.2) is 17.9 Å². The number of carbonyl (C=O) groups excluding carboxylic acids is 1. The molecule has 1 N–H and O–H groups in total. The van der Waals surface area contributed by atoms with E-state index in [0.29, 0.717) is 11.4 Å². The Bertz CT molecular complexity index is 703. The number of anilines is 1. The second-order valence-corrected chi connectivity index (χ2v) is 4.10. The van der Waals surface area contributed by atoms with Gasteiger partial charge in [-0.15, -0.1) is 0 Å². The van der Waals surface area contributed by atoms with Crippen LogP contribution in [0.5, 0.6) is 5.75 Å². The molecule has 0 unspecified atom stereocenters. The molecule has 21 heavy (non-hydrogen) atoms. The van der Waals surface area contributed by atoms with Gasteiger partial charge in [0.1, 0.15) is 17.1 Å². The first-order valence-corrected chi connectivity index (χ1v) is 5.90. The molecule has 0 saturated carbocycles. The zero-order chi connectivity index (χ0) is 15.4. The Morgan fingerprint density at radius 2 is 2.05 bits per heavy atom. The maximum Gasteiger partial charge on any atom is 0.282 e. The molecule has 1 amide bonds. The van der Waals surface area contributed by atoms with Gasteiger partial charge in [-0.1, -0.05) is 6.07 Å². The minimum atomic E-state index is -0.769. The maximum absolute atomic E-state index is 13.2. The quantitative estimate of drug-likeness (QED) is 0.693. The largest absolute Gasteiger partial charge is 0.497 e. The van der Waals surface area contributed by atoms with Gasteiger partial charge in [0, 0.05) is 17.8 Å². The summed E-state index contributed by atoms with van der Waals surface area (Å²) in [4.78, 5) is 22.2. The second kappa shape index (κ2) is 6.00. The molecule has 2 rings (SSSR count). The van der Waals surface area contributed by atoms with Crippen LogP contribution in [0.25, 0.3) is 0 Å². The molecular formula is C14H11FN2O4. The highest BCUT2D eigenvalue weighted by molar-refractivity contribution is 6.07. The third-order valence-corrected chi connectivity index (χ3v) is 2.73. The van der Waals surface area contributed by atoms with Gasteiger partial charge < -0.3 is 10.1 Å². The van der Waals surface area contributed by atoms with E-state index in [2.05, 4.69) is 5.32 Å². The fourth-order valence-corrected chi connectivity index (χ4v) is 1.75. The summed E-state index contributed by atoms with van der Waals surface area (Å²) < 4.78 is 18.2. The van der Waals surface area contributed by atoms with E-state index >= 15 is 0 Å². The van der Waals surface area contributed by atoms with Crippen molar-refractivity contribution in [1.82, 2.24) is 0 Å². The minimum Gasteiger partial charge on any atom is -0.497 e. The first-order valence-electron chi connectivity index (χ1n) is 5.90. The summed E-state index contributed by atoms with van der Waals surface area (Å²) in [5.41, 5.74) is -0.419. The molecule has 6 nitrogen and oxygen atoms in total. The number of benzene rings is 2. The third-order valence-electron chi connectivity index (χ3n) is 2.73. The van der Waals surface area contributed by atoms with Gasteiger partial charge in [-0.05, 0) is 24.3 Å². The van der Waals surface area contributed by atoms with Crippen molar-refractivity contribution in [2.75, 3.05) is 12.4 Å². The van der Waals surface area contributed by atoms with E-state index in [1.54, 1.807) is 24.3 Å². The Balaban J connectivity index is 2.31. The lowest BCUT2D eigenvalue weighted by molar-refractivity contribution is -0.385. The van der Waals surface area contributed by atoms with Gasteiger partial charge >= 0.3 is 0 Å². The molecule has 2 aromatic rings. The van der Waals surface area contributed by atoms with Crippen molar-refractivity contribution >= 4 is 17.3 Å². The van der Waals surface area contributed by atoms with Crippen LogP contribution in [0.1, 0.15) is 10.4 Å². The molecule has 0 spiro atoms. The molecule has 0 aliphatic carbocycles. The van der Waals surface area contributed by atoms with Gasteiger partial charge in [0.2, 0.25) is 0 Å². The standard InChI is InChI=1S/C14H11FN2O4/c1-21-11-4-2-3-10(8-11)16-14(18)12-7-9(15)5-6-13(12)17(19)20/h2-8H,1H3,(H,16,18). The van der Waals surface area contributed by atoms with Crippen LogP contribution in [0, 0.1) is 15.9 Å². The van der Waals surface area contributed by atoms with Gasteiger partial charge in [-0.3, -0.25) is 14.9 Å². The Hall–Kier alpha value is -2.96. The molecular weight excluding hydrogens is 279 g/mol. The summed E-state index contributed by atoms with van der Waals surface area (Å²) in [5.74, 6) is -0.979. The lowest BCUT2D eigenvalue weighted by Crippen LogP contribution is -2.14. The number of carbonyl (C=O) groups is 1. The molecule has 0 aromatic heterocycles. The van der Waals surface area contributed by atoms with Crippen LogP contribution < -0.4 is 10.1 Å². The van der Waals surface area contributed by atoms with Crippen LogP contribution in [-0.2, 0) is 0 Å². The number of ether oxygens (including phenoxy) is 1. The number of amides is 1. The molecule has 0 aliphatic heterocycles. The molecule has 2 aromatic carbocycles. The zero-order valence-corrected chi connectivity index (χ0v) is 11.0. The van der Waals surface area contributed by atoms with Crippen LogP contribution in [0.3, 0.4) is 0 Å². The summed E-state index contributed by atoms with van der Waals surface area (Å²) in [5, 5.41) is 13.3. The van der Waals surface area contributed by atoms with Crippen molar-refractivity contribution in [3.63, 3.8) is 0 Å². The first kappa shape index (κ1) is 14.4. The normalized spacial score (nSPS) is 10.0. The number of hydrogen-bond donors (Lipinski definition) is 1. The molecule has 0 aliphatic rings. The molecule has 7 heteroatoms. The zero-order valence-electron chi connectivity index (χ0n) is 11.0. The van der Waals surface area contributed by atoms with Gasteiger partial charge in [-0.2, -0.15) is 0 Å². The summed E-state index contributed by atoms with van der Waals surface area (Å²) in [7, 11) is 1.47. The van der Waals surface area contributed by atoms with Gasteiger partial charge in [0.25, 0.3) is 11.6 Å². The monoisotopic (exact) mass is 290 g/mol. The highest BCUT2D eigenvalue weighted by Crippen LogP contribution is 2.22. The van der Waals surface area contributed by atoms with E-state index in [1.807, 2.05) is 0 Å². The Morgan fingerprint density at radius 3 is 2.71 bits per heavy atom. The molecule has 0 heterocycles. The smallest absolute Gasteiger partial charge is 0.282 e. The number of nitro groups is 1. The van der Waals surface area contributed by atoms with E-state index in [4.69, 9.17) is 4.74 Å². The lowest BCUT2D eigenvalue weighted by Gasteiger charge is -2.07. The van der Waals surface area contributed by atoms with E-state index in [1.165, 1.54) is 7.11 Å². The van der Waals surface area contributed by atoms with E-state index < -0.39 is 22.3 Å². The number of methoxy groups -OCH3 is 1. The number of nitro benzene ring substituents is 1. The third kappa shape index (κ3) is 3.33. The van der Waals surface area contributed by atoms with Crippen LogP contribution in [0.4, 0.5) is 15.8 Å². The topological polar surface area (TPSA) is 81.5 Å². The molecule has 0 saturated heterocycles. The average molecular weight is 290 g/mol.